The van der Waals surface area contributed by atoms with Gasteiger partial charge >= 0.3 is 0 Å². The van der Waals surface area contributed by atoms with E-state index in [2.05, 4.69) is 6.58 Å². The molecule has 0 aromatic heterocycles. The standard InChI is InChI=1S/C18H14O2S/c1-14(21(19,20)16-10-3-2-4-11-16)17-13-7-9-15-8-5-6-12-18(15)17/h2-13H,1H2. The number of hydrogen-bond acceptors (Lipinski definition) is 2. The molecule has 0 aliphatic carbocycles. The van der Waals surface area contributed by atoms with Crippen LogP contribution in [0.1, 0.15) is 5.56 Å². The molecule has 0 saturated heterocycles. The minimum atomic E-state index is -3.58. The van der Waals surface area contributed by atoms with Gasteiger partial charge in [0.2, 0.25) is 9.84 Å². The van der Waals surface area contributed by atoms with Crippen LogP contribution in [0.2, 0.25) is 0 Å². The lowest BCUT2D eigenvalue weighted by Gasteiger charge is -2.11. The Balaban J connectivity index is 2.18. The third kappa shape index (κ3) is 2.36. The molecule has 0 heterocycles. The summed E-state index contributed by atoms with van der Waals surface area (Å²) in [6.07, 6.45) is 0. The Morgan fingerprint density at radius 2 is 1.38 bits per heavy atom. The summed E-state index contributed by atoms with van der Waals surface area (Å²) in [6.45, 7) is 3.84. The average molecular weight is 294 g/mol. The van der Waals surface area contributed by atoms with Crippen LogP contribution in [0.25, 0.3) is 15.7 Å². The summed E-state index contributed by atoms with van der Waals surface area (Å²) in [6, 6.07) is 21.7. The molecule has 0 radical (unpaired) electrons. The van der Waals surface area contributed by atoms with Crippen LogP contribution in [0.3, 0.4) is 0 Å². The number of hydrogen-bond donors (Lipinski definition) is 0. The van der Waals surface area contributed by atoms with E-state index in [1.165, 1.54) is 0 Å². The van der Waals surface area contributed by atoms with Crippen molar-refractivity contribution in [3.63, 3.8) is 0 Å². The van der Waals surface area contributed by atoms with E-state index in [0.717, 1.165) is 10.8 Å². The minimum Gasteiger partial charge on any atom is -0.219 e. The Labute approximate surface area is 124 Å². The fourth-order valence-corrected chi connectivity index (χ4v) is 3.62. The molecule has 0 aliphatic rings. The summed E-state index contributed by atoms with van der Waals surface area (Å²) in [7, 11) is -3.58. The second kappa shape index (κ2) is 5.19. The van der Waals surface area contributed by atoms with Crippen LogP contribution >= 0.6 is 0 Å². The smallest absolute Gasteiger partial charge is 0.206 e. The number of sulfone groups is 1. The molecule has 21 heavy (non-hydrogen) atoms. The fourth-order valence-electron chi connectivity index (χ4n) is 2.36. The fraction of sp³-hybridized carbons (Fsp3) is 0. The maximum Gasteiger partial charge on any atom is 0.206 e. The van der Waals surface area contributed by atoms with Gasteiger partial charge in [-0.05, 0) is 22.9 Å². The first-order valence-corrected chi connectivity index (χ1v) is 8.06. The van der Waals surface area contributed by atoms with Crippen LogP contribution in [0.4, 0.5) is 0 Å². The van der Waals surface area contributed by atoms with Crippen molar-refractivity contribution in [1.82, 2.24) is 0 Å². The molecule has 3 heteroatoms. The first-order valence-electron chi connectivity index (χ1n) is 6.58. The molecule has 0 saturated carbocycles. The highest BCUT2D eigenvalue weighted by Crippen LogP contribution is 2.31. The lowest BCUT2D eigenvalue weighted by molar-refractivity contribution is 0.606. The Morgan fingerprint density at radius 3 is 2.14 bits per heavy atom. The number of fused-ring (bicyclic) bond motifs is 1. The van der Waals surface area contributed by atoms with Gasteiger partial charge in [0.05, 0.1) is 9.80 Å². The van der Waals surface area contributed by atoms with Crippen molar-refractivity contribution in [2.45, 2.75) is 4.90 Å². The van der Waals surface area contributed by atoms with Crippen molar-refractivity contribution in [3.8, 4) is 0 Å². The average Bonchev–Trinajstić information content (AvgIpc) is 2.54. The van der Waals surface area contributed by atoms with Crippen molar-refractivity contribution < 1.29 is 8.42 Å². The molecule has 3 aromatic rings. The van der Waals surface area contributed by atoms with Crippen LogP contribution in [-0.4, -0.2) is 8.42 Å². The second-order valence-corrected chi connectivity index (χ2v) is 6.74. The quantitative estimate of drug-likeness (QED) is 0.722. The maximum atomic E-state index is 12.7. The lowest BCUT2D eigenvalue weighted by Crippen LogP contribution is -2.03. The molecule has 0 bridgehead atoms. The normalized spacial score (nSPS) is 11.4. The summed E-state index contributed by atoms with van der Waals surface area (Å²) in [5.74, 6) is 0. The zero-order valence-electron chi connectivity index (χ0n) is 11.4. The van der Waals surface area contributed by atoms with Crippen LogP contribution in [0, 0.1) is 0 Å². The van der Waals surface area contributed by atoms with Gasteiger partial charge in [-0.3, -0.25) is 0 Å². The van der Waals surface area contributed by atoms with Gasteiger partial charge in [0.25, 0.3) is 0 Å². The summed E-state index contributed by atoms with van der Waals surface area (Å²) in [4.78, 5) is 0.397. The SMILES string of the molecule is C=C(c1cccc2ccccc12)S(=O)(=O)c1ccccc1. The molecule has 0 amide bonds. The van der Waals surface area contributed by atoms with Gasteiger partial charge in [-0.25, -0.2) is 8.42 Å². The molecular formula is C18H14O2S. The summed E-state index contributed by atoms with van der Waals surface area (Å²) >= 11 is 0. The van der Waals surface area contributed by atoms with Gasteiger partial charge in [-0.2, -0.15) is 0 Å². The molecule has 0 spiro atoms. The van der Waals surface area contributed by atoms with E-state index in [9.17, 15) is 8.42 Å². The van der Waals surface area contributed by atoms with Crippen molar-refractivity contribution >= 4 is 25.5 Å². The largest absolute Gasteiger partial charge is 0.219 e. The van der Waals surface area contributed by atoms with E-state index in [1.54, 1.807) is 36.4 Å². The summed E-state index contributed by atoms with van der Waals surface area (Å²) in [5.41, 5.74) is 0.650. The van der Waals surface area contributed by atoms with Gasteiger partial charge in [0, 0.05) is 5.56 Å². The van der Waals surface area contributed by atoms with Gasteiger partial charge < -0.3 is 0 Å². The van der Waals surface area contributed by atoms with Gasteiger partial charge in [-0.1, -0.05) is 67.2 Å². The molecule has 3 rings (SSSR count). The highest BCUT2D eigenvalue weighted by Gasteiger charge is 2.21. The molecule has 0 fully saturated rings. The Morgan fingerprint density at radius 1 is 0.762 bits per heavy atom. The Bertz CT molecular complexity index is 905. The third-order valence-electron chi connectivity index (χ3n) is 3.47. The van der Waals surface area contributed by atoms with Crippen molar-refractivity contribution in [3.05, 3.63) is 84.9 Å². The van der Waals surface area contributed by atoms with Crippen molar-refractivity contribution in [2.24, 2.45) is 0 Å². The zero-order chi connectivity index (χ0) is 14.9. The van der Waals surface area contributed by atoms with Crippen LogP contribution in [0.15, 0.2) is 84.3 Å². The first-order chi connectivity index (χ1) is 10.1. The van der Waals surface area contributed by atoms with E-state index in [1.807, 2.05) is 36.4 Å². The molecular weight excluding hydrogens is 280 g/mol. The molecule has 104 valence electrons. The summed E-state index contributed by atoms with van der Waals surface area (Å²) < 4.78 is 25.4. The van der Waals surface area contributed by atoms with Crippen molar-refractivity contribution in [1.29, 1.82) is 0 Å². The molecule has 0 aliphatic heterocycles. The van der Waals surface area contributed by atoms with Crippen LogP contribution < -0.4 is 0 Å². The molecule has 3 aromatic carbocycles. The van der Waals surface area contributed by atoms with E-state index in [-0.39, 0.29) is 9.80 Å². The second-order valence-electron chi connectivity index (χ2n) is 4.77. The number of rotatable bonds is 3. The highest BCUT2D eigenvalue weighted by molar-refractivity contribution is 8.00. The predicted molar refractivity (Wildman–Crippen MR) is 86.6 cm³/mol. The highest BCUT2D eigenvalue weighted by atomic mass is 32.2. The third-order valence-corrected chi connectivity index (χ3v) is 5.23. The zero-order valence-corrected chi connectivity index (χ0v) is 12.2. The van der Waals surface area contributed by atoms with E-state index in [4.69, 9.17) is 0 Å². The van der Waals surface area contributed by atoms with Crippen LogP contribution in [-0.2, 0) is 9.84 Å². The number of benzene rings is 3. The Hall–Kier alpha value is -2.39. The van der Waals surface area contributed by atoms with E-state index >= 15 is 0 Å². The Kier molecular flexibility index (Phi) is 3.35. The van der Waals surface area contributed by atoms with Gasteiger partial charge in [0.15, 0.2) is 0 Å². The predicted octanol–water partition coefficient (Wildman–Crippen LogP) is 4.28. The lowest BCUT2D eigenvalue weighted by atomic mass is 10.0. The molecule has 0 unspecified atom stereocenters. The monoisotopic (exact) mass is 294 g/mol. The maximum absolute atomic E-state index is 12.7. The minimum absolute atomic E-state index is 0.130. The van der Waals surface area contributed by atoms with Gasteiger partial charge in [-0.15, -0.1) is 0 Å². The van der Waals surface area contributed by atoms with E-state index < -0.39 is 9.84 Å². The van der Waals surface area contributed by atoms with Gasteiger partial charge in [0.1, 0.15) is 0 Å². The van der Waals surface area contributed by atoms with Crippen LogP contribution in [0.5, 0.6) is 0 Å². The topological polar surface area (TPSA) is 34.1 Å². The molecule has 2 nitrogen and oxygen atoms in total. The first kappa shape index (κ1) is 13.6. The van der Waals surface area contributed by atoms with E-state index in [0.29, 0.717) is 5.56 Å². The van der Waals surface area contributed by atoms with Crippen molar-refractivity contribution in [2.75, 3.05) is 0 Å². The molecule has 0 atom stereocenters. The molecule has 0 N–H and O–H groups in total. The summed E-state index contributed by atoms with van der Waals surface area (Å²) in [5, 5.41) is 1.89.